The minimum absolute atomic E-state index is 0.00342. The van der Waals surface area contributed by atoms with Gasteiger partial charge >= 0.3 is 5.97 Å². The number of rotatable bonds is 5. The van der Waals surface area contributed by atoms with E-state index < -0.39 is 33.9 Å². The number of carbonyl (C=O) groups excluding carboxylic acids is 2. The predicted molar refractivity (Wildman–Crippen MR) is 96.8 cm³/mol. The summed E-state index contributed by atoms with van der Waals surface area (Å²) in [6.07, 6.45) is 0.331. The van der Waals surface area contributed by atoms with Gasteiger partial charge in [0.05, 0.1) is 17.0 Å². The molecule has 1 aliphatic rings. The molecule has 144 valence electrons. The first-order valence-electron chi connectivity index (χ1n) is 8.39. The molecule has 1 fully saturated rings. The molecule has 2 heterocycles. The molecule has 2 aromatic rings. The van der Waals surface area contributed by atoms with E-state index in [0.29, 0.717) is 12.0 Å². The monoisotopic (exact) mass is 392 g/mol. The van der Waals surface area contributed by atoms with E-state index >= 15 is 0 Å². The number of hydrogen-bond donors (Lipinski definition) is 1. The van der Waals surface area contributed by atoms with Crippen LogP contribution in [0.4, 0.5) is 0 Å². The molecule has 0 saturated carbocycles. The van der Waals surface area contributed by atoms with E-state index in [4.69, 9.17) is 9.15 Å². The Hall–Kier alpha value is -2.68. The Bertz CT molecular complexity index is 967. The van der Waals surface area contributed by atoms with Crippen LogP contribution in [0.25, 0.3) is 11.5 Å². The smallest absolute Gasteiger partial charge is 0.361 e. The summed E-state index contributed by atoms with van der Waals surface area (Å²) in [4.78, 5) is 28.4. The van der Waals surface area contributed by atoms with Crippen molar-refractivity contribution >= 4 is 21.7 Å². The van der Waals surface area contributed by atoms with Crippen molar-refractivity contribution in [2.24, 2.45) is 0 Å². The van der Waals surface area contributed by atoms with E-state index in [1.165, 1.54) is 0 Å². The standard InChI is InChI=1S/C18H20N2O6S/c1-12-15(19-16(26-12)13-6-4-3-5-7-13)17(22)25-10-14(21)20-18(2)8-9-27(23,24)11-18/h3-7H,8-11H2,1-2H3,(H,20,21)/t18-/m0/s1. The van der Waals surface area contributed by atoms with Gasteiger partial charge in [-0.2, -0.15) is 0 Å². The maximum atomic E-state index is 12.2. The second-order valence-corrected chi connectivity index (χ2v) is 9.00. The summed E-state index contributed by atoms with van der Waals surface area (Å²) in [6.45, 7) is 2.72. The minimum Gasteiger partial charge on any atom is -0.451 e. The molecule has 1 atom stereocenters. The molecule has 1 saturated heterocycles. The van der Waals surface area contributed by atoms with Gasteiger partial charge in [0.1, 0.15) is 5.76 Å². The van der Waals surface area contributed by atoms with Crippen LogP contribution >= 0.6 is 0 Å². The van der Waals surface area contributed by atoms with E-state index in [1.807, 2.05) is 18.2 Å². The predicted octanol–water partition coefficient (Wildman–Crippen LogP) is 1.50. The number of ether oxygens (including phenoxy) is 1. The number of esters is 1. The van der Waals surface area contributed by atoms with Crippen LogP contribution in [0, 0.1) is 6.92 Å². The van der Waals surface area contributed by atoms with Crippen LogP contribution in [-0.2, 0) is 19.4 Å². The van der Waals surface area contributed by atoms with Gasteiger partial charge in [-0.25, -0.2) is 18.2 Å². The lowest BCUT2D eigenvalue weighted by Crippen LogP contribution is -2.48. The number of carbonyl (C=O) groups is 2. The van der Waals surface area contributed by atoms with Crippen LogP contribution < -0.4 is 5.32 Å². The van der Waals surface area contributed by atoms with Crippen molar-refractivity contribution < 1.29 is 27.2 Å². The number of nitrogens with one attached hydrogen (secondary N) is 1. The summed E-state index contributed by atoms with van der Waals surface area (Å²) in [6, 6.07) is 9.08. The summed E-state index contributed by atoms with van der Waals surface area (Å²) in [5.41, 5.74) is -0.129. The first-order chi connectivity index (χ1) is 12.7. The van der Waals surface area contributed by atoms with Gasteiger partial charge in [-0.05, 0) is 32.4 Å². The van der Waals surface area contributed by atoms with Crippen molar-refractivity contribution in [3.05, 3.63) is 41.8 Å². The van der Waals surface area contributed by atoms with Crippen molar-refractivity contribution in [2.45, 2.75) is 25.8 Å². The molecule has 9 heteroatoms. The fourth-order valence-corrected chi connectivity index (χ4v) is 5.06. The van der Waals surface area contributed by atoms with Gasteiger partial charge in [0.25, 0.3) is 5.91 Å². The van der Waals surface area contributed by atoms with E-state index in [9.17, 15) is 18.0 Å². The zero-order valence-corrected chi connectivity index (χ0v) is 15.8. The summed E-state index contributed by atoms with van der Waals surface area (Å²) >= 11 is 0. The van der Waals surface area contributed by atoms with Gasteiger partial charge in [0.15, 0.2) is 22.1 Å². The molecule has 0 bridgehead atoms. The number of oxazole rings is 1. The minimum atomic E-state index is -3.15. The molecule has 27 heavy (non-hydrogen) atoms. The maximum Gasteiger partial charge on any atom is 0.361 e. The molecule has 0 aliphatic carbocycles. The third kappa shape index (κ3) is 4.54. The molecule has 0 radical (unpaired) electrons. The number of nitrogens with zero attached hydrogens (tertiary/aromatic N) is 1. The van der Waals surface area contributed by atoms with Crippen molar-refractivity contribution in [1.82, 2.24) is 10.3 Å². The fraction of sp³-hybridized carbons (Fsp3) is 0.389. The lowest BCUT2D eigenvalue weighted by Gasteiger charge is -2.23. The molecule has 1 amide bonds. The van der Waals surface area contributed by atoms with Gasteiger partial charge in [0, 0.05) is 5.56 Å². The normalized spacial score (nSPS) is 21.0. The van der Waals surface area contributed by atoms with Gasteiger partial charge in [0.2, 0.25) is 5.89 Å². The molecule has 0 spiro atoms. The van der Waals surface area contributed by atoms with E-state index in [1.54, 1.807) is 26.0 Å². The number of hydrogen-bond acceptors (Lipinski definition) is 7. The summed E-state index contributed by atoms with van der Waals surface area (Å²) in [5.74, 6) is -0.863. The molecule has 3 rings (SSSR count). The SMILES string of the molecule is Cc1oc(-c2ccccc2)nc1C(=O)OCC(=O)N[C@@]1(C)CCS(=O)(=O)C1. The highest BCUT2D eigenvalue weighted by atomic mass is 32.2. The Balaban J connectivity index is 1.60. The third-order valence-electron chi connectivity index (χ3n) is 4.29. The van der Waals surface area contributed by atoms with Crippen LogP contribution in [0.2, 0.25) is 0 Å². The Kier molecular flexibility index (Phi) is 5.05. The molecular weight excluding hydrogens is 372 g/mol. The van der Waals surface area contributed by atoms with Gasteiger partial charge < -0.3 is 14.5 Å². The summed E-state index contributed by atoms with van der Waals surface area (Å²) in [5, 5.41) is 2.62. The van der Waals surface area contributed by atoms with Crippen LogP contribution in [0.5, 0.6) is 0 Å². The van der Waals surface area contributed by atoms with Gasteiger partial charge in [-0.15, -0.1) is 0 Å². The third-order valence-corrected chi connectivity index (χ3v) is 6.19. The lowest BCUT2D eigenvalue weighted by molar-refractivity contribution is -0.125. The zero-order chi connectivity index (χ0) is 19.7. The Morgan fingerprint density at radius 1 is 1.30 bits per heavy atom. The first kappa shape index (κ1) is 19.1. The Morgan fingerprint density at radius 2 is 2.00 bits per heavy atom. The van der Waals surface area contributed by atoms with Crippen molar-refractivity contribution in [2.75, 3.05) is 18.1 Å². The van der Waals surface area contributed by atoms with Crippen LogP contribution in [0.1, 0.15) is 29.6 Å². The zero-order valence-electron chi connectivity index (χ0n) is 15.0. The molecule has 1 aliphatic heterocycles. The number of aryl methyl sites for hydroxylation is 1. The van der Waals surface area contributed by atoms with Crippen LogP contribution in [0.15, 0.2) is 34.7 Å². The topological polar surface area (TPSA) is 116 Å². The Labute approximate surface area is 156 Å². The molecule has 1 aromatic carbocycles. The molecule has 1 aromatic heterocycles. The number of sulfone groups is 1. The molecule has 1 N–H and O–H groups in total. The van der Waals surface area contributed by atoms with Crippen molar-refractivity contribution in [3.63, 3.8) is 0 Å². The largest absolute Gasteiger partial charge is 0.451 e. The average molecular weight is 392 g/mol. The second kappa shape index (κ2) is 7.15. The number of benzene rings is 1. The van der Waals surface area contributed by atoms with E-state index in [2.05, 4.69) is 10.3 Å². The number of aromatic nitrogens is 1. The molecule has 8 nitrogen and oxygen atoms in total. The fourth-order valence-electron chi connectivity index (χ4n) is 2.97. The van der Waals surface area contributed by atoms with E-state index in [0.717, 1.165) is 0 Å². The molecule has 0 unspecified atom stereocenters. The lowest BCUT2D eigenvalue weighted by atomic mass is 10.0. The van der Waals surface area contributed by atoms with E-state index in [-0.39, 0.29) is 28.9 Å². The highest BCUT2D eigenvalue weighted by molar-refractivity contribution is 7.91. The Morgan fingerprint density at radius 3 is 2.63 bits per heavy atom. The highest BCUT2D eigenvalue weighted by Gasteiger charge is 2.39. The van der Waals surface area contributed by atoms with Crippen LogP contribution in [0.3, 0.4) is 0 Å². The summed E-state index contributed by atoms with van der Waals surface area (Å²) in [7, 11) is -3.15. The van der Waals surface area contributed by atoms with Gasteiger partial charge in [-0.3, -0.25) is 4.79 Å². The quantitative estimate of drug-likeness (QED) is 0.767. The molecular formula is C18H20N2O6S. The first-order valence-corrected chi connectivity index (χ1v) is 10.2. The van der Waals surface area contributed by atoms with Crippen molar-refractivity contribution in [1.29, 1.82) is 0 Å². The summed E-state index contributed by atoms with van der Waals surface area (Å²) < 4.78 is 33.7. The second-order valence-electron chi connectivity index (χ2n) is 6.82. The number of amides is 1. The average Bonchev–Trinajstić information content (AvgIpc) is 3.12. The van der Waals surface area contributed by atoms with Crippen molar-refractivity contribution in [3.8, 4) is 11.5 Å². The highest BCUT2D eigenvalue weighted by Crippen LogP contribution is 2.23. The van der Waals surface area contributed by atoms with Crippen LogP contribution in [-0.4, -0.2) is 48.9 Å². The maximum absolute atomic E-state index is 12.2. The van der Waals surface area contributed by atoms with Gasteiger partial charge in [-0.1, -0.05) is 18.2 Å².